The lowest BCUT2D eigenvalue weighted by atomic mass is 9.56. The van der Waals surface area contributed by atoms with Gasteiger partial charge >= 0.3 is 6.09 Å². The highest BCUT2D eigenvalue weighted by atomic mass is 35.5. The molecule has 1 spiro atoms. The molecule has 1 fully saturated rings. The second kappa shape index (κ2) is 10.8. The molecule has 1 unspecified atom stereocenters. The maximum atomic E-state index is 14.1. The van der Waals surface area contributed by atoms with Crippen molar-refractivity contribution in [3.8, 4) is 0 Å². The molecule has 0 radical (unpaired) electrons. The Labute approximate surface area is 234 Å². The number of fused-ring (bicyclic) bond motifs is 2. The second-order valence-corrected chi connectivity index (χ2v) is 12.6. The molecule has 4 rings (SSSR count). The molecular formula is C29H36Cl2N4O3. The van der Waals surface area contributed by atoms with Crippen molar-refractivity contribution in [1.29, 1.82) is 0 Å². The van der Waals surface area contributed by atoms with Crippen LogP contribution in [0, 0.1) is 17.8 Å². The van der Waals surface area contributed by atoms with E-state index in [4.69, 9.17) is 27.9 Å². The van der Waals surface area contributed by atoms with Crippen molar-refractivity contribution < 1.29 is 14.3 Å². The first-order valence-electron chi connectivity index (χ1n) is 13.0. The molecule has 204 valence electrons. The Morgan fingerprint density at radius 1 is 1.29 bits per heavy atom. The number of rotatable bonds is 5. The Kier molecular flexibility index (Phi) is 8.01. The average Bonchev–Trinajstić information content (AvgIpc) is 3.07. The van der Waals surface area contributed by atoms with Gasteiger partial charge in [0.05, 0.1) is 6.04 Å². The van der Waals surface area contributed by atoms with Crippen molar-refractivity contribution in [2.75, 3.05) is 5.32 Å². The number of anilines is 1. The first kappa shape index (κ1) is 28.2. The maximum absolute atomic E-state index is 14.1. The molecule has 1 aliphatic carbocycles. The van der Waals surface area contributed by atoms with Crippen LogP contribution < -0.4 is 16.1 Å². The number of allylic oxidation sites excluding steroid dienone is 4. The zero-order valence-corrected chi connectivity index (χ0v) is 24.0. The minimum Gasteiger partial charge on any atom is -0.443 e. The number of benzene rings is 1. The summed E-state index contributed by atoms with van der Waals surface area (Å²) in [4.78, 5) is 26.5. The average molecular weight is 560 g/mol. The van der Waals surface area contributed by atoms with E-state index < -0.39 is 23.2 Å². The van der Waals surface area contributed by atoms with Gasteiger partial charge in [0.15, 0.2) is 0 Å². The molecule has 0 bridgehead atoms. The van der Waals surface area contributed by atoms with Crippen LogP contribution in [0.15, 0.2) is 58.7 Å². The molecule has 2 amide bonds. The number of amidine groups is 1. The van der Waals surface area contributed by atoms with E-state index in [0.29, 0.717) is 41.7 Å². The molecular weight excluding hydrogens is 523 g/mol. The second-order valence-electron chi connectivity index (χ2n) is 11.7. The standard InChI is InChI=1S/C29H36Cl2N4O3/c1-16(2)12-17(3)25-29(21-11-10-20(31)14-23(21)32-26(29)36)22(18-8-7-9-19(30)13-18)15-24(33-25)34-35-27(37)38-28(4,5)6/h7-11,14,16,18,22,25H,3,12-13,15H2,1-2,4-6H3,(H,32,36)(H,33,34)(H,35,37)/t18?,22-,25+,29-/m0/s1. The number of carbonyl (C=O) groups excluding carboxylic acids is 2. The normalized spacial score (nSPS) is 27.6. The molecule has 2 heterocycles. The summed E-state index contributed by atoms with van der Waals surface area (Å²) in [5.74, 6) is 0.472. The summed E-state index contributed by atoms with van der Waals surface area (Å²) in [5.41, 5.74) is 3.33. The summed E-state index contributed by atoms with van der Waals surface area (Å²) in [5, 5.41) is 12.3. The van der Waals surface area contributed by atoms with E-state index in [0.717, 1.165) is 16.2 Å². The molecule has 3 N–H and O–H groups in total. The van der Waals surface area contributed by atoms with Gasteiger partial charge in [0, 0.05) is 22.2 Å². The molecule has 9 heteroatoms. The van der Waals surface area contributed by atoms with Crippen LogP contribution >= 0.6 is 23.2 Å². The quantitative estimate of drug-likeness (QED) is 0.278. The van der Waals surface area contributed by atoms with Gasteiger partial charge in [-0.1, -0.05) is 67.4 Å². The van der Waals surface area contributed by atoms with Gasteiger partial charge in [0.1, 0.15) is 16.9 Å². The summed E-state index contributed by atoms with van der Waals surface area (Å²) in [6, 6.07) is 5.06. The predicted octanol–water partition coefficient (Wildman–Crippen LogP) is 6.65. The number of nitrogens with one attached hydrogen (secondary N) is 3. The van der Waals surface area contributed by atoms with Crippen LogP contribution in [-0.2, 0) is 14.9 Å². The molecule has 1 saturated heterocycles. The first-order valence-corrected chi connectivity index (χ1v) is 13.7. The Morgan fingerprint density at radius 2 is 2.03 bits per heavy atom. The lowest BCUT2D eigenvalue weighted by Gasteiger charge is -2.50. The van der Waals surface area contributed by atoms with E-state index >= 15 is 0 Å². The molecule has 3 aliphatic rings. The SMILES string of the molecule is C=C(CC(C)C)[C@H]1N/C(=N\NC(=O)OC(C)(C)C)C[C@@H](C2C=CC=C(Cl)C2)[C@]12C(=O)Nc1cc(Cl)ccc12. The number of halogens is 2. The van der Waals surface area contributed by atoms with Crippen LogP contribution in [0.25, 0.3) is 0 Å². The maximum Gasteiger partial charge on any atom is 0.428 e. The minimum atomic E-state index is -0.986. The number of hydrazone groups is 1. The van der Waals surface area contributed by atoms with Crippen LogP contribution in [-0.4, -0.2) is 29.5 Å². The lowest BCUT2D eigenvalue weighted by molar-refractivity contribution is -0.124. The topological polar surface area (TPSA) is 91.8 Å². The molecule has 0 saturated carbocycles. The number of carbonyl (C=O) groups is 2. The van der Waals surface area contributed by atoms with E-state index in [9.17, 15) is 9.59 Å². The lowest BCUT2D eigenvalue weighted by Crippen LogP contribution is -2.65. The third kappa shape index (κ3) is 5.64. The Bertz CT molecular complexity index is 1230. The highest BCUT2D eigenvalue weighted by Gasteiger charge is 2.61. The zero-order chi connectivity index (χ0) is 27.8. The van der Waals surface area contributed by atoms with Gasteiger partial charge in [-0.2, -0.15) is 5.10 Å². The predicted molar refractivity (Wildman–Crippen MR) is 153 cm³/mol. The van der Waals surface area contributed by atoms with E-state index in [1.807, 2.05) is 24.3 Å². The number of hydrogen-bond acceptors (Lipinski definition) is 4. The van der Waals surface area contributed by atoms with Gasteiger partial charge < -0.3 is 15.4 Å². The summed E-state index contributed by atoms with van der Waals surface area (Å²) >= 11 is 12.8. The van der Waals surface area contributed by atoms with E-state index in [1.165, 1.54) is 0 Å². The molecule has 7 nitrogen and oxygen atoms in total. The third-order valence-electron chi connectivity index (χ3n) is 7.16. The van der Waals surface area contributed by atoms with Crippen molar-refractivity contribution in [3.05, 3.63) is 64.2 Å². The molecule has 38 heavy (non-hydrogen) atoms. The van der Waals surface area contributed by atoms with Gasteiger partial charge in [-0.05, 0) is 75.1 Å². The monoisotopic (exact) mass is 558 g/mol. The fourth-order valence-electron chi connectivity index (χ4n) is 5.89. The fourth-order valence-corrected chi connectivity index (χ4v) is 6.32. The molecule has 4 atom stereocenters. The van der Waals surface area contributed by atoms with E-state index in [1.54, 1.807) is 26.8 Å². The van der Waals surface area contributed by atoms with Crippen LogP contribution in [0.2, 0.25) is 5.02 Å². The molecule has 0 aromatic heterocycles. The Balaban J connectivity index is 1.83. The van der Waals surface area contributed by atoms with Crippen LogP contribution in [0.4, 0.5) is 10.5 Å². The summed E-state index contributed by atoms with van der Waals surface area (Å²) in [6.07, 6.45) is 6.97. The number of nitrogens with zero attached hydrogens (tertiary/aromatic N) is 1. The summed E-state index contributed by atoms with van der Waals surface area (Å²) in [6.45, 7) is 14.1. The van der Waals surface area contributed by atoms with Gasteiger partial charge in [0.25, 0.3) is 0 Å². The largest absolute Gasteiger partial charge is 0.443 e. The Hall–Kier alpha value is -2.77. The van der Waals surface area contributed by atoms with Crippen molar-refractivity contribution in [1.82, 2.24) is 10.7 Å². The number of ether oxygens (including phenoxy) is 1. The zero-order valence-electron chi connectivity index (χ0n) is 22.5. The summed E-state index contributed by atoms with van der Waals surface area (Å²) in [7, 11) is 0. The van der Waals surface area contributed by atoms with Gasteiger partial charge in [-0.25, -0.2) is 10.2 Å². The fraction of sp³-hybridized carbons (Fsp3) is 0.483. The van der Waals surface area contributed by atoms with Gasteiger partial charge in [-0.15, -0.1) is 0 Å². The Morgan fingerprint density at radius 3 is 2.68 bits per heavy atom. The van der Waals surface area contributed by atoms with Crippen molar-refractivity contribution in [3.63, 3.8) is 0 Å². The van der Waals surface area contributed by atoms with E-state index in [2.05, 4.69) is 47.7 Å². The van der Waals surface area contributed by atoms with E-state index in [-0.39, 0.29) is 17.7 Å². The van der Waals surface area contributed by atoms with Crippen molar-refractivity contribution in [2.24, 2.45) is 22.9 Å². The van der Waals surface area contributed by atoms with Crippen LogP contribution in [0.5, 0.6) is 0 Å². The first-order chi connectivity index (χ1) is 17.8. The number of piperidine rings is 1. The number of amides is 2. The third-order valence-corrected chi connectivity index (χ3v) is 7.67. The van der Waals surface area contributed by atoms with Gasteiger partial charge in [0.2, 0.25) is 5.91 Å². The molecule has 2 aliphatic heterocycles. The van der Waals surface area contributed by atoms with Crippen molar-refractivity contribution in [2.45, 2.75) is 70.9 Å². The van der Waals surface area contributed by atoms with Crippen LogP contribution in [0.3, 0.4) is 0 Å². The molecule has 1 aromatic carbocycles. The highest BCUT2D eigenvalue weighted by Crippen LogP contribution is 2.54. The van der Waals surface area contributed by atoms with Crippen molar-refractivity contribution >= 4 is 46.7 Å². The van der Waals surface area contributed by atoms with Gasteiger partial charge in [-0.3, -0.25) is 4.79 Å². The number of hydrogen-bond donors (Lipinski definition) is 3. The minimum absolute atomic E-state index is 0.0527. The summed E-state index contributed by atoms with van der Waals surface area (Å²) < 4.78 is 5.37. The van der Waals surface area contributed by atoms with Crippen LogP contribution in [0.1, 0.15) is 59.4 Å². The molecule has 1 aromatic rings. The smallest absolute Gasteiger partial charge is 0.428 e. The highest BCUT2D eigenvalue weighted by molar-refractivity contribution is 6.31.